The van der Waals surface area contributed by atoms with Crippen LogP contribution in [0.3, 0.4) is 0 Å². The topological polar surface area (TPSA) is 58.0 Å². The highest BCUT2D eigenvalue weighted by molar-refractivity contribution is 14.1. The van der Waals surface area contributed by atoms with Gasteiger partial charge in [0.25, 0.3) is 0 Å². The molecule has 0 saturated carbocycles. The van der Waals surface area contributed by atoms with Crippen molar-refractivity contribution in [2.45, 2.75) is 19.9 Å². The summed E-state index contributed by atoms with van der Waals surface area (Å²) < 4.78 is 0.998. The molecule has 0 aliphatic heterocycles. The van der Waals surface area contributed by atoms with Crippen LogP contribution < -0.4 is 5.32 Å². The number of rotatable bonds is 4. The summed E-state index contributed by atoms with van der Waals surface area (Å²) in [5.41, 5.74) is 0. The summed E-state index contributed by atoms with van der Waals surface area (Å²) in [6.07, 6.45) is 3.48. The number of hydrogen-bond donors (Lipinski definition) is 2. The Balaban J connectivity index is 2.63. The molecule has 4 nitrogen and oxygen atoms in total. The number of anilines is 1. The van der Waals surface area contributed by atoms with E-state index in [-0.39, 0.29) is 12.6 Å². The lowest BCUT2D eigenvalue weighted by Crippen LogP contribution is -2.30. The minimum Gasteiger partial charge on any atom is -0.394 e. The van der Waals surface area contributed by atoms with Crippen LogP contribution in [0, 0.1) is 9.49 Å². The highest BCUT2D eigenvalue weighted by Gasteiger charge is 2.12. The SMILES string of the molecule is CC(C)C(CO)Nc1ncc(I)cn1. The molecule has 1 heterocycles. The number of aromatic nitrogens is 2. The molecule has 0 amide bonds. The molecule has 1 rings (SSSR count). The summed E-state index contributed by atoms with van der Waals surface area (Å²) in [7, 11) is 0. The average molecular weight is 307 g/mol. The molecule has 0 spiro atoms. The van der Waals surface area contributed by atoms with Crippen LogP contribution in [0.5, 0.6) is 0 Å². The first-order chi connectivity index (χ1) is 6.63. The molecule has 0 fully saturated rings. The Kier molecular flexibility index (Phi) is 4.53. The molecular formula is C9H14IN3O. The lowest BCUT2D eigenvalue weighted by molar-refractivity contribution is 0.248. The maximum atomic E-state index is 9.09. The van der Waals surface area contributed by atoms with Crippen LogP contribution in [0.4, 0.5) is 5.95 Å². The third-order valence-electron chi connectivity index (χ3n) is 1.94. The molecule has 1 atom stereocenters. The molecule has 14 heavy (non-hydrogen) atoms. The fraction of sp³-hybridized carbons (Fsp3) is 0.556. The van der Waals surface area contributed by atoms with Gasteiger partial charge in [0.05, 0.1) is 12.6 Å². The smallest absolute Gasteiger partial charge is 0.222 e. The fourth-order valence-corrected chi connectivity index (χ4v) is 1.25. The lowest BCUT2D eigenvalue weighted by atomic mass is 10.1. The van der Waals surface area contributed by atoms with Crippen LogP contribution in [-0.2, 0) is 0 Å². The first-order valence-corrected chi connectivity index (χ1v) is 5.56. The van der Waals surface area contributed by atoms with Crippen molar-refractivity contribution in [3.8, 4) is 0 Å². The van der Waals surface area contributed by atoms with Gasteiger partial charge in [-0.05, 0) is 28.5 Å². The van der Waals surface area contributed by atoms with Gasteiger partial charge in [-0.15, -0.1) is 0 Å². The molecular weight excluding hydrogens is 293 g/mol. The van der Waals surface area contributed by atoms with E-state index in [2.05, 4.69) is 37.9 Å². The van der Waals surface area contributed by atoms with E-state index in [9.17, 15) is 0 Å². The Bertz CT molecular complexity index is 276. The van der Waals surface area contributed by atoms with Gasteiger partial charge in [-0.25, -0.2) is 9.97 Å². The molecule has 0 radical (unpaired) electrons. The monoisotopic (exact) mass is 307 g/mol. The molecule has 2 N–H and O–H groups in total. The number of nitrogens with zero attached hydrogens (tertiary/aromatic N) is 2. The van der Waals surface area contributed by atoms with Gasteiger partial charge in [0, 0.05) is 16.0 Å². The second kappa shape index (κ2) is 5.45. The molecule has 0 aromatic carbocycles. The minimum absolute atomic E-state index is 0.00932. The van der Waals surface area contributed by atoms with Gasteiger partial charge in [-0.3, -0.25) is 0 Å². The first kappa shape index (κ1) is 11.6. The molecule has 0 saturated heterocycles. The van der Waals surface area contributed by atoms with E-state index in [0.717, 1.165) is 3.57 Å². The molecule has 0 aliphatic rings. The number of aliphatic hydroxyl groups excluding tert-OH is 1. The van der Waals surface area contributed by atoms with E-state index >= 15 is 0 Å². The summed E-state index contributed by atoms with van der Waals surface area (Å²) in [5, 5.41) is 12.2. The van der Waals surface area contributed by atoms with Crippen molar-refractivity contribution in [2.24, 2.45) is 5.92 Å². The van der Waals surface area contributed by atoms with Crippen LogP contribution in [0.1, 0.15) is 13.8 Å². The zero-order valence-corrected chi connectivity index (χ0v) is 10.4. The van der Waals surface area contributed by atoms with Crippen LogP contribution in [0.15, 0.2) is 12.4 Å². The van der Waals surface area contributed by atoms with Crippen LogP contribution in [0.2, 0.25) is 0 Å². The van der Waals surface area contributed by atoms with E-state index in [1.807, 2.05) is 13.8 Å². The van der Waals surface area contributed by atoms with E-state index in [1.54, 1.807) is 12.4 Å². The predicted molar refractivity (Wildman–Crippen MR) is 64.1 cm³/mol. The maximum absolute atomic E-state index is 9.09. The molecule has 78 valence electrons. The van der Waals surface area contributed by atoms with Gasteiger partial charge in [0.1, 0.15) is 0 Å². The largest absolute Gasteiger partial charge is 0.394 e. The van der Waals surface area contributed by atoms with Crippen molar-refractivity contribution >= 4 is 28.5 Å². The quantitative estimate of drug-likeness (QED) is 0.828. The van der Waals surface area contributed by atoms with Crippen LogP contribution >= 0.6 is 22.6 Å². The van der Waals surface area contributed by atoms with Gasteiger partial charge >= 0.3 is 0 Å². The maximum Gasteiger partial charge on any atom is 0.222 e. The van der Waals surface area contributed by atoms with E-state index in [4.69, 9.17) is 5.11 Å². The summed E-state index contributed by atoms with van der Waals surface area (Å²) in [4.78, 5) is 8.22. The normalized spacial score (nSPS) is 12.9. The summed E-state index contributed by atoms with van der Waals surface area (Å²) in [5.74, 6) is 0.918. The van der Waals surface area contributed by atoms with Crippen molar-refractivity contribution < 1.29 is 5.11 Å². The highest BCUT2D eigenvalue weighted by Crippen LogP contribution is 2.08. The first-order valence-electron chi connectivity index (χ1n) is 4.48. The zero-order valence-electron chi connectivity index (χ0n) is 8.24. The van der Waals surface area contributed by atoms with Crippen molar-refractivity contribution in [2.75, 3.05) is 11.9 Å². The lowest BCUT2D eigenvalue weighted by Gasteiger charge is -2.19. The second-order valence-corrected chi connectivity index (χ2v) is 4.65. The third kappa shape index (κ3) is 3.38. The Labute approximate surface area is 97.3 Å². The van der Waals surface area contributed by atoms with E-state index < -0.39 is 0 Å². The van der Waals surface area contributed by atoms with Crippen LogP contribution in [-0.4, -0.2) is 27.7 Å². The molecule has 1 unspecified atom stereocenters. The Morgan fingerprint density at radius 3 is 2.43 bits per heavy atom. The Morgan fingerprint density at radius 1 is 1.43 bits per heavy atom. The fourth-order valence-electron chi connectivity index (χ4n) is 0.976. The number of halogens is 1. The summed E-state index contributed by atoms with van der Waals surface area (Å²) in [6.45, 7) is 4.17. The van der Waals surface area contributed by atoms with E-state index in [1.165, 1.54) is 0 Å². The minimum atomic E-state index is 0.00932. The standard InChI is InChI=1S/C9H14IN3O/c1-6(2)8(5-14)13-9-11-3-7(10)4-12-9/h3-4,6,8,14H,5H2,1-2H3,(H,11,12,13). The van der Waals surface area contributed by atoms with Gasteiger partial charge < -0.3 is 10.4 Å². The van der Waals surface area contributed by atoms with Crippen LogP contribution in [0.25, 0.3) is 0 Å². The number of hydrogen-bond acceptors (Lipinski definition) is 4. The van der Waals surface area contributed by atoms with Crippen molar-refractivity contribution in [3.63, 3.8) is 0 Å². The third-order valence-corrected chi connectivity index (χ3v) is 2.49. The molecule has 5 heteroatoms. The van der Waals surface area contributed by atoms with Crippen molar-refractivity contribution in [1.29, 1.82) is 0 Å². The number of nitrogens with one attached hydrogen (secondary N) is 1. The van der Waals surface area contributed by atoms with Crippen molar-refractivity contribution in [3.05, 3.63) is 16.0 Å². The van der Waals surface area contributed by atoms with Gasteiger partial charge in [0.2, 0.25) is 5.95 Å². The predicted octanol–water partition coefficient (Wildman–Crippen LogP) is 1.51. The van der Waals surface area contributed by atoms with Crippen molar-refractivity contribution in [1.82, 2.24) is 9.97 Å². The van der Waals surface area contributed by atoms with Gasteiger partial charge in [-0.2, -0.15) is 0 Å². The second-order valence-electron chi connectivity index (χ2n) is 3.40. The molecule has 1 aromatic rings. The molecule has 0 aliphatic carbocycles. The highest BCUT2D eigenvalue weighted by atomic mass is 127. The Hall–Kier alpha value is -0.430. The molecule has 1 aromatic heterocycles. The summed E-state index contributed by atoms with van der Waals surface area (Å²) in [6, 6.07) is 0.00932. The number of aliphatic hydroxyl groups is 1. The van der Waals surface area contributed by atoms with Gasteiger partial charge in [-0.1, -0.05) is 13.8 Å². The summed E-state index contributed by atoms with van der Waals surface area (Å²) >= 11 is 2.15. The Morgan fingerprint density at radius 2 is 2.00 bits per heavy atom. The zero-order chi connectivity index (χ0) is 10.6. The van der Waals surface area contributed by atoms with Gasteiger partial charge in [0.15, 0.2) is 0 Å². The molecule has 0 bridgehead atoms. The van der Waals surface area contributed by atoms with E-state index in [0.29, 0.717) is 11.9 Å². The average Bonchev–Trinajstić information content (AvgIpc) is 2.16.